The molecule has 5 nitrogen and oxygen atoms in total. The fourth-order valence-corrected chi connectivity index (χ4v) is 2.49. The van der Waals surface area contributed by atoms with E-state index in [1.807, 2.05) is 19.1 Å². The van der Waals surface area contributed by atoms with Crippen LogP contribution in [0.15, 0.2) is 12.1 Å². The van der Waals surface area contributed by atoms with Gasteiger partial charge in [0.25, 0.3) is 0 Å². The standard InChI is InChI=1S/C15H20O5/c1-10-7-11(18-2)14(12(8-10)19-3)20-15(5-4-6-15)9-13(16)17/h7-8H,4-6,9H2,1-3H3,(H,16,17). The lowest BCUT2D eigenvalue weighted by Gasteiger charge is -2.41. The summed E-state index contributed by atoms with van der Waals surface area (Å²) in [5.74, 6) is 0.772. The van der Waals surface area contributed by atoms with Crippen LogP contribution in [0.3, 0.4) is 0 Å². The minimum absolute atomic E-state index is 0.00676. The molecule has 0 atom stereocenters. The molecule has 1 aliphatic carbocycles. The van der Waals surface area contributed by atoms with Gasteiger partial charge in [-0.1, -0.05) is 0 Å². The van der Waals surface area contributed by atoms with Gasteiger partial charge in [-0.3, -0.25) is 4.79 Å². The molecule has 0 radical (unpaired) electrons. The summed E-state index contributed by atoms with van der Waals surface area (Å²) in [5, 5.41) is 9.05. The van der Waals surface area contributed by atoms with Crippen molar-refractivity contribution in [2.45, 2.75) is 38.2 Å². The van der Waals surface area contributed by atoms with Crippen LogP contribution in [0.2, 0.25) is 0 Å². The molecule has 0 unspecified atom stereocenters. The van der Waals surface area contributed by atoms with Gasteiger partial charge in [0, 0.05) is 0 Å². The molecule has 1 aliphatic rings. The van der Waals surface area contributed by atoms with Gasteiger partial charge in [-0.2, -0.15) is 0 Å². The van der Waals surface area contributed by atoms with Crippen molar-refractivity contribution in [1.82, 2.24) is 0 Å². The normalized spacial score (nSPS) is 16.1. The predicted octanol–water partition coefficient (Wildman–Crippen LogP) is 2.79. The van der Waals surface area contributed by atoms with Crippen LogP contribution in [0, 0.1) is 6.92 Å². The topological polar surface area (TPSA) is 65.0 Å². The molecule has 1 aromatic rings. The first-order chi connectivity index (χ1) is 9.49. The Morgan fingerprint density at radius 3 is 2.15 bits per heavy atom. The maximum Gasteiger partial charge on any atom is 0.307 e. The fraction of sp³-hybridized carbons (Fsp3) is 0.533. The van der Waals surface area contributed by atoms with Crippen molar-refractivity contribution >= 4 is 5.97 Å². The van der Waals surface area contributed by atoms with E-state index in [0.29, 0.717) is 17.2 Å². The number of carboxylic acids is 1. The predicted molar refractivity (Wildman–Crippen MR) is 73.7 cm³/mol. The molecule has 2 rings (SSSR count). The Hall–Kier alpha value is -1.91. The molecule has 5 heteroatoms. The highest BCUT2D eigenvalue weighted by molar-refractivity contribution is 5.68. The molecule has 0 aliphatic heterocycles. The Balaban J connectivity index is 2.34. The number of rotatable bonds is 6. The van der Waals surface area contributed by atoms with Crippen LogP contribution in [-0.2, 0) is 4.79 Å². The highest BCUT2D eigenvalue weighted by atomic mass is 16.6. The molecule has 0 saturated heterocycles. The third-order valence-corrected chi connectivity index (χ3v) is 3.66. The van der Waals surface area contributed by atoms with E-state index >= 15 is 0 Å². The monoisotopic (exact) mass is 280 g/mol. The molecular formula is C15H20O5. The quantitative estimate of drug-likeness (QED) is 0.868. The van der Waals surface area contributed by atoms with Gasteiger partial charge < -0.3 is 19.3 Å². The number of aliphatic carboxylic acids is 1. The third-order valence-electron chi connectivity index (χ3n) is 3.66. The highest BCUT2D eigenvalue weighted by Gasteiger charge is 2.42. The van der Waals surface area contributed by atoms with Gasteiger partial charge in [0.05, 0.1) is 20.6 Å². The zero-order valence-electron chi connectivity index (χ0n) is 12.1. The number of carbonyl (C=O) groups is 1. The summed E-state index contributed by atoms with van der Waals surface area (Å²) in [4.78, 5) is 11.0. The first-order valence-electron chi connectivity index (χ1n) is 6.63. The molecule has 1 aromatic carbocycles. The molecular weight excluding hydrogens is 260 g/mol. The first-order valence-corrected chi connectivity index (χ1v) is 6.63. The van der Waals surface area contributed by atoms with Crippen LogP contribution >= 0.6 is 0 Å². The van der Waals surface area contributed by atoms with Gasteiger partial charge in [-0.25, -0.2) is 0 Å². The summed E-state index contributed by atoms with van der Waals surface area (Å²) in [6, 6.07) is 3.70. The van der Waals surface area contributed by atoms with Crippen LogP contribution in [0.1, 0.15) is 31.2 Å². The molecule has 0 bridgehead atoms. The van der Waals surface area contributed by atoms with E-state index < -0.39 is 11.6 Å². The molecule has 0 heterocycles. The van der Waals surface area contributed by atoms with Crippen LogP contribution in [0.5, 0.6) is 17.2 Å². The first kappa shape index (κ1) is 14.5. The van der Waals surface area contributed by atoms with Crippen LogP contribution in [-0.4, -0.2) is 30.9 Å². The Morgan fingerprint density at radius 1 is 1.25 bits per heavy atom. The van der Waals surface area contributed by atoms with Crippen molar-refractivity contribution in [3.05, 3.63) is 17.7 Å². The summed E-state index contributed by atoms with van der Waals surface area (Å²) < 4.78 is 16.7. The van der Waals surface area contributed by atoms with Gasteiger partial charge in [0.1, 0.15) is 5.60 Å². The van der Waals surface area contributed by atoms with E-state index in [4.69, 9.17) is 19.3 Å². The minimum Gasteiger partial charge on any atom is -0.493 e. The summed E-state index contributed by atoms with van der Waals surface area (Å²) in [6.45, 7) is 1.94. The number of benzene rings is 1. The van der Waals surface area contributed by atoms with E-state index in [-0.39, 0.29) is 6.42 Å². The van der Waals surface area contributed by atoms with Crippen molar-refractivity contribution in [2.24, 2.45) is 0 Å². The zero-order valence-corrected chi connectivity index (χ0v) is 12.1. The molecule has 1 N–H and O–H groups in total. The van der Waals surface area contributed by atoms with E-state index in [0.717, 1.165) is 24.8 Å². The molecule has 1 saturated carbocycles. The second kappa shape index (κ2) is 5.61. The van der Waals surface area contributed by atoms with Gasteiger partial charge in [-0.15, -0.1) is 0 Å². The lowest BCUT2D eigenvalue weighted by Crippen LogP contribution is -2.45. The van der Waals surface area contributed by atoms with E-state index in [2.05, 4.69) is 0 Å². The highest BCUT2D eigenvalue weighted by Crippen LogP contribution is 2.46. The number of aryl methyl sites for hydroxylation is 1. The maximum atomic E-state index is 11.0. The van der Waals surface area contributed by atoms with Crippen molar-refractivity contribution in [2.75, 3.05) is 14.2 Å². The zero-order chi connectivity index (χ0) is 14.8. The summed E-state index contributed by atoms with van der Waals surface area (Å²) in [7, 11) is 3.12. The maximum absolute atomic E-state index is 11.0. The average Bonchev–Trinajstić information content (AvgIpc) is 2.36. The number of hydrogen-bond acceptors (Lipinski definition) is 4. The SMILES string of the molecule is COc1cc(C)cc(OC)c1OC1(CC(=O)O)CCC1. The molecule has 0 amide bonds. The lowest BCUT2D eigenvalue weighted by atomic mass is 9.77. The van der Waals surface area contributed by atoms with Gasteiger partial charge in [-0.05, 0) is 43.9 Å². The largest absolute Gasteiger partial charge is 0.493 e. The van der Waals surface area contributed by atoms with E-state index in [1.165, 1.54) is 0 Å². The Bertz CT molecular complexity index is 480. The number of ether oxygens (including phenoxy) is 3. The van der Waals surface area contributed by atoms with Crippen molar-refractivity contribution < 1.29 is 24.1 Å². The summed E-state index contributed by atoms with van der Waals surface area (Å²) in [6.07, 6.45) is 2.44. The Labute approximate surface area is 118 Å². The molecule has 1 fully saturated rings. The smallest absolute Gasteiger partial charge is 0.307 e. The fourth-order valence-electron chi connectivity index (χ4n) is 2.49. The second-order valence-corrected chi connectivity index (χ2v) is 5.21. The summed E-state index contributed by atoms with van der Waals surface area (Å²) >= 11 is 0. The van der Waals surface area contributed by atoms with Gasteiger partial charge in [0.2, 0.25) is 5.75 Å². The number of carboxylic acid groups (broad SMARTS) is 1. The van der Waals surface area contributed by atoms with Crippen LogP contribution in [0.4, 0.5) is 0 Å². The van der Waals surface area contributed by atoms with Crippen molar-refractivity contribution in [3.63, 3.8) is 0 Å². The third kappa shape index (κ3) is 2.81. The number of methoxy groups -OCH3 is 2. The second-order valence-electron chi connectivity index (χ2n) is 5.21. The van der Waals surface area contributed by atoms with Crippen LogP contribution < -0.4 is 14.2 Å². The van der Waals surface area contributed by atoms with Gasteiger partial charge in [0.15, 0.2) is 11.5 Å². The van der Waals surface area contributed by atoms with Gasteiger partial charge >= 0.3 is 5.97 Å². The van der Waals surface area contributed by atoms with Crippen molar-refractivity contribution in [3.8, 4) is 17.2 Å². The van der Waals surface area contributed by atoms with E-state index in [9.17, 15) is 4.79 Å². The summed E-state index contributed by atoms with van der Waals surface area (Å²) in [5.41, 5.74) is 0.355. The Morgan fingerprint density at radius 2 is 1.80 bits per heavy atom. The van der Waals surface area contributed by atoms with E-state index in [1.54, 1.807) is 14.2 Å². The van der Waals surface area contributed by atoms with Crippen LogP contribution in [0.25, 0.3) is 0 Å². The molecule has 110 valence electrons. The Kier molecular flexibility index (Phi) is 4.06. The van der Waals surface area contributed by atoms with Crippen molar-refractivity contribution in [1.29, 1.82) is 0 Å². The molecule has 20 heavy (non-hydrogen) atoms. The average molecular weight is 280 g/mol. The lowest BCUT2D eigenvalue weighted by molar-refractivity contribution is -0.144. The number of hydrogen-bond donors (Lipinski definition) is 1. The minimum atomic E-state index is -0.852. The molecule has 0 aromatic heterocycles. The molecule has 0 spiro atoms.